The highest BCUT2D eigenvalue weighted by Crippen LogP contribution is 2.11. The lowest BCUT2D eigenvalue weighted by atomic mass is 10.1. The van der Waals surface area contributed by atoms with Gasteiger partial charge in [0, 0.05) is 6.08 Å². The summed E-state index contributed by atoms with van der Waals surface area (Å²) < 4.78 is 4.88. The van der Waals surface area contributed by atoms with Crippen LogP contribution in [0, 0.1) is 0 Å². The lowest BCUT2D eigenvalue weighted by Crippen LogP contribution is -2.00. The van der Waals surface area contributed by atoms with Crippen molar-refractivity contribution < 1.29 is 9.53 Å². The van der Waals surface area contributed by atoms with Crippen LogP contribution >= 0.6 is 0 Å². The van der Waals surface area contributed by atoms with E-state index in [0.29, 0.717) is 6.61 Å². The van der Waals surface area contributed by atoms with Crippen LogP contribution in [0.2, 0.25) is 0 Å². The predicted octanol–water partition coefficient (Wildman–Crippen LogP) is 4.97. The van der Waals surface area contributed by atoms with E-state index in [-0.39, 0.29) is 5.97 Å². The Morgan fingerprint density at radius 2 is 1.53 bits per heavy atom. The molecule has 0 spiro atoms. The Morgan fingerprint density at radius 1 is 0.947 bits per heavy atom. The zero-order chi connectivity index (χ0) is 14.7. The van der Waals surface area contributed by atoms with Crippen LogP contribution < -0.4 is 0 Å². The van der Waals surface area contributed by atoms with Gasteiger partial charge in [-0.05, 0) is 60.3 Å². The van der Waals surface area contributed by atoms with E-state index in [1.54, 1.807) is 6.08 Å². The number of hydrogen-bond acceptors (Lipinski definition) is 2. The zero-order valence-corrected chi connectivity index (χ0v) is 13.1. The molecule has 0 saturated heterocycles. The van der Waals surface area contributed by atoms with Gasteiger partial charge in [-0.25, -0.2) is 4.79 Å². The van der Waals surface area contributed by atoms with Gasteiger partial charge in [-0.15, -0.1) is 0 Å². The van der Waals surface area contributed by atoms with Crippen molar-refractivity contribution in [2.75, 3.05) is 6.61 Å². The quantitative estimate of drug-likeness (QED) is 0.351. The second-order valence-corrected chi connectivity index (χ2v) is 5.15. The van der Waals surface area contributed by atoms with Crippen LogP contribution in [0.4, 0.5) is 0 Å². The van der Waals surface area contributed by atoms with Crippen LogP contribution in [0.3, 0.4) is 0 Å². The fourth-order valence-corrected chi connectivity index (χ4v) is 1.69. The summed E-state index contributed by atoms with van der Waals surface area (Å²) in [5.74, 6) is -0.232. The molecule has 108 valence electrons. The van der Waals surface area contributed by atoms with Crippen molar-refractivity contribution in [3.63, 3.8) is 0 Å². The Kier molecular flexibility index (Phi) is 9.87. The van der Waals surface area contributed by atoms with Crippen molar-refractivity contribution in [2.24, 2.45) is 0 Å². The molecule has 0 aliphatic heterocycles. The van der Waals surface area contributed by atoms with Gasteiger partial charge in [0.2, 0.25) is 0 Å². The molecule has 0 aliphatic rings. The highest BCUT2D eigenvalue weighted by molar-refractivity contribution is 5.82. The summed E-state index contributed by atoms with van der Waals surface area (Å²) in [5, 5.41) is 0. The van der Waals surface area contributed by atoms with Crippen LogP contribution in [0.25, 0.3) is 0 Å². The summed E-state index contributed by atoms with van der Waals surface area (Å²) in [6.07, 6.45) is 10.3. The number of carbonyl (C=O) groups excluding carboxylic acids is 1. The summed E-state index contributed by atoms with van der Waals surface area (Å²) in [7, 11) is 0. The Bertz CT molecular complexity index is 355. The molecule has 0 heterocycles. The molecular formula is C17H28O2. The van der Waals surface area contributed by atoms with Gasteiger partial charge in [-0.3, -0.25) is 0 Å². The third-order valence-electron chi connectivity index (χ3n) is 2.77. The minimum absolute atomic E-state index is 0.232. The highest BCUT2D eigenvalue weighted by Gasteiger charge is 1.97. The molecule has 0 bridgehead atoms. The molecule has 0 aromatic rings. The largest absolute Gasteiger partial charge is 0.463 e. The standard InChI is InChI=1S/C17H28O2/c1-6-19-17(18)13-16(5)12-8-11-15(4)10-7-9-14(2)3/h9,11,13H,6-8,10,12H2,1-5H3/b15-11-,16-13-. The van der Waals surface area contributed by atoms with E-state index in [2.05, 4.69) is 32.9 Å². The first-order chi connectivity index (χ1) is 8.95. The lowest BCUT2D eigenvalue weighted by Gasteiger charge is -2.01. The van der Waals surface area contributed by atoms with E-state index in [1.807, 2.05) is 13.8 Å². The predicted molar refractivity (Wildman–Crippen MR) is 82.0 cm³/mol. The van der Waals surface area contributed by atoms with Crippen LogP contribution in [0.15, 0.2) is 34.9 Å². The van der Waals surface area contributed by atoms with Crippen molar-refractivity contribution >= 4 is 5.97 Å². The van der Waals surface area contributed by atoms with E-state index in [9.17, 15) is 4.79 Å². The molecule has 0 saturated carbocycles. The third-order valence-corrected chi connectivity index (χ3v) is 2.77. The first-order valence-corrected chi connectivity index (χ1v) is 7.08. The van der Waals surface area contributed by atoms with Gasteiger partial charge in [0.05, 0.1) is 6.61 Å². The molecule has 0 amide bonds. The van der Waals surface area contributed by atoms with Gasteiger partial charge in [-0.2, -0.15) is 0 Å². The minimum Gasteiger partial charge on any atom is -0.463 e. The maximum atomic E-state index is 11.2. The first-order valence-electron chi connectivity index (χ1n) is 7.08. The fourth-order valence-electron chi connectivity index (χ4n) is 1.69. The summed E-state index contributed by atoms with van der Waals surface area (Å²) in [4.78, 5) is 11.2. The second kappa shape index (κ2) is 10.6. The highest BCUT2D eigenvalue weighted by atomic mass is 16.5. The number of hydrogen-bond donors (Lipinski definition) is 0. The van der Waals surface area contributed by atoms with E-state index < -0.39 is 0 Å². The maximum absolute atomic E-state index is 11.2. The van der Waals surface area contributed by atoms with Gasteiger partial charge < -0.3 is 4.74 Å². The van der Waals surface area contributed by atoms with Crippen LogP contribution in [0.1, 0.15) is 60.3 Å². The van der Waals surface area contributed by atoms with Gasteiger partial charge in [0.1, 0.15) is 0 Å². The number of allylic oxidation sites excluding steroid dienone is 5. The molecule has 0 N–H and O–H groups in total. The molecule has 2 heteroatoms. The average molecular weight is 264 g/mol. The smallest absolute Gasteiger partial charge is 0.330 e. The monoisotopic (exact) mass is 264 g/mol. The van der Waals surface area contributed by atoms with Crippen LogP contribution in [-0.2, 0) is 9.53 Å². The molecule has 0 aromatic carbocycles. The average Bonchev–Trinajstić information content (AvgIpc) is 2.28. The topological polar surface area (TPSA) is 26.3 Å². The Morgan fingerprint density at radius 3 is 2.11 bits per heavy atom. The normalized spacial score (nSPS) is 12.3. The molecule has 0 rings (SSSR count). The van der Waals surface area contributed by atoms with Crippen LogP contribution in [0.5, 0.6) is 0 Å². The van der Waals surface area contributed by atoms with Gasteiger partial charge in [-0.1, -0.05) is 28.9 Å². The molecule has 0 aliphatic carbocycles. The first kappa shape index (κ1) is 17.7. The summed E-state index contributed by atoms with van der Waals surface area (Å²) in [6, 6.07) is 0. The van der Waals surface area contributed by atoms with Crippen molar-refractivity contribution in [1.29, 1.82) is 0 Å². The van der Waals surface area contributed by atoms with Crippen molar-refractivity contribution in [1.82, 2.24) is 0 Å². The summed E-state index contributed by atoms with van der Waals surface area (Å²) >= 11 is 0. The van der Waals surface area contributed by atoms with Gasteiger partial charge in [0.25, 0.3) is 0 Å². The van der Waals surface area contributed by atoms with E-state index in [1.165, 1.54) is 11.1 Å². The Balaban J connectivity index is 3.99. The molecule has 0 aromatic heterocycles. The van der Waals surface area contributed by atoms with Crippen molar-refractivity contribution in [3.05, 3.63) is 34.9 Å². The molecule has 19 heavy (non-hydrogen) atoms. The van der Waals surface area contributed by atoms with E-state index >= 15 is 0 Å². The van der Waals surface area contributed by atoms with E-state index in [4.69, 9.17) is 4.74 Å². The third kappa shape index (κ3) is 11.5. The SMILES string of the molecule is CCOC(=O)/C=C(/C)CC/C=C(/C)CCC=C(C)C. The summed E-state index contributed by atoms with van der Waals surface area (Å²) in [5.41, 5.74) is 3.87. The van der Waals surface area contributed by atoms with Gasteiger partial charge >= 0.3 is 5.97 Å². The summed E-state index contributed by atoms with van der Waals surface area (Å²) in [6.45, 7) is 10.7. The molecule has 0 radical (unpaired) electrons. The molecule has 0 fully saturated rings. The second-order valence-electron chi connectivity index (χ2n) is 5.15. The Hall–Kier alpha value is -1.31. The number of ether oxygens (including phenoxy) is 1. The fraction of sp³-hybridized carbons (Fsp3) is 0.588. The van der Waals surface area contributed by atoms with Crippen molar-refractivity contribution in [3.8, 4) is 0 Å². The zero-order valence-electron chi connectivity index (χ0n) is 13.1. The molecular weight excluding hydrogens is 236 g/mol. The van der Waals surface area contributed by atoms with Crippen molar-refractivity contribution in [2.45, 2.75) is 60.3 Å². The number of carbonyl (C=O) groups is 1. The Labute approximate surface area is 118 Å². The maximum Gasteiger partial charge on any atom is 0.330 e. The van der Waals surface area contributed by atoms with E-state index in [0.717, 1.165) is 31.3 Å². The molecule has 2 nitrogen and oxygen atoms in total. The van der Waals surface area contributed by atoms with Crippen LogP contribution in [-0.4, -0.2) is 12.6 Å². The lowest BCUT2D eigenvalue weighted by molar-refractivity contribution is -0.137. The molecule has 0 unspecified atom stereocenters. The minimum atomic E-state index is -0.232. The van der Waals surface area contributed by atoms with Gasteiger partial charge in [0.15, 0.2) is 0 Å². The number of esters is 1. The molecule has 0 atom stereocenters. The number of rotatable bonds is 8.